The second-order valence-electron chi connectivity index (χ2n) is 6.56. The van der Waals surface area contributed by atoms with Gasteiger partial charge in [-0.05, 0) is 32.0 Å². The number of rotatable bonds is 6. The van der Waals surface area contributed by atoms with Crippen LogP contribution in [-0.2, 0) is 4.74 Å². The number of hydrogen-bond acceptors (Lipinski definition) is 6. The first-order chi connectivity index (χ1) is 13.3. The monoisotopic (exact) mass is 364 g/mol. The molecule has 3 heterocycles. The first-order valence-corrected chi connectivity index (χ1v) is 9.50. The van der Waals surface area contributed by atoms with Crippen molar-refractivity contribution in [1.29, 1.82) is 0 Å². The highest BCUT2D eigenvalue weighted by molar-refractivity contribution is 5.83. The zero-order chi connectivity index (χ0) is 18.6. The van der Waals surface area contributed by atoms with Gasteiger partial charge in [0.15, 0.2) is 5.52 Å². The molecule has 6 heteroatoms. The maximum Gasteiger partial charge on any atom is 0.243 e. The van der Waals surface area contributed by atoms with Crippen LogP contribution in [0.1, 0.15) is 20.3 Å². The van der Waals surface area contributed by atoms with Crippen molar-refractivity contribution in [2.45, 2.75) is 26.4 Å². The van der Waals surface area contributed by atoms with Crippen LogP contribution in [0.5, 0.6) is 5.88 Å². The van der Waals surface area contributed by atoms with Crippen LogP contribution in [0.2, 0.25) is 0 Å². The van der Waals surface area contributed by atoms with E-state index in [0.29, 0.717) is 18.0 Å². The van der Waals surface area contributed by atoms with Crippen molar-refractivity contribution < 1.29 is 9.47 Å². The molecule has 0 spiro atoms. The Balaban J connectivity index is 1.70. The van der Waals surface area contributed by atoms with Crippen LogP contribution >= 0.6 is 0 Å². The molecule has 27 heavy (non-hydrogen) atoms. The van der Waals surface area contributed by atoms with Gasteiger partial charge in [-0.15, -0.1) is 0 Å². The number of anilines is 1. The maximum absolute atomic E-state index is 6.10. The molecule has 0 saturated carbocycles. The molecule has 1 aliphatic rings. The minimum absolute atomic E-state index is 0.0167. The van der Waals surface area contributed by atoms with Crippen molar-refractivity contribution in [2.24, 2.45) is 0 Å². The summed E-state index contributed by atoms with van der Waals surface area (Å²) >= 11 is 0. The van der Waals surface area contributed by atoms with E-state index < -0.39 is 0 Å². The van der Waals surface area contributed by atoms with Crippen molar-refractivity contribution in [3.05, 3.63) is 42.7 Å². The number of aromatic nitrogens is 3. The van der Waals surface area contributed by atoms with Crippen molar-refractivity contribution in [3.8, 4) is 17.1 Å². The summed E-state index contributed by atoms with van der Waals surface area (Å²) in [4.78, 5) is 15.9. The average molecular weight is 364 g/mol. The van der Waals surface area contributed by atoms with Gasteiger partial charge in [-0.1, -0.05) is 12.1 Å². The molecule has 1 aromatic carbocycles. The van der Waals surface area contributed by atoms with E-state index in [9.17, 15) is 0 Å². The number of pyridine rings is 1. The number of ether oxygens (including phenoxy) is 2. The Kier molecular flexibility index (Phi) is 5.16. The first-order valence-electron chi connectivity index (χ1n) is 9.50. The van der Waals surface area contributed by atoms with Crippen LogP contribution < -0.4 is 9.64 Å². The minimum atomic E-state index is 0.0167. The van der Waals surface area contributed by atoms with Gasteiger partial charge in [0, 0.05) is 43.2 Å². The molecule has 3 aromatic rings. The van der Waals surface area contributed by atoms with E-state index >= 15 is 0 Å². The molecule has 1 fully saturated rings. The van der Waals surface area contributed by atoms with Gasteiger partial charge in [-0.2, -0.15) is 0 Å². The zero-order valence-corrected chi connectivity index (χ0v) is 15.8. The van der Waals surface area contributed by atoms with E-state index in [-0.39, 0.29) is 6.10 Å². The Morgan fingerprint density at radius 3 is 2.59 bits per heavy atom. The largest absolute Gasteiger partial charge is 0.470 e. The Bertz CT molecular complexity index is 904. The predicted octanol–water partition coefficient (Wildman–Crippen LogP) is 3.71. The highest BCUT2D eigenvalue weighted by atomic mass is 16.5. The lowest BCUT2D eigenvalue weighted by atomic mass is 10.1. The van der Waals surface area contributed by atoms with Gasteiger partial charge >= 0.3 is 0 Å². The summed E-state index contributed by atoms with van der Waals surface area (Å²) in [6, 6.07) is 10.4. The number of nitrogens with zero attached hydrogens (tertiary/aromatic N) is 4. The summed E-state index contributed by atoms with van der Waals surface area (Å²) in [6.07, 6.45) is 4.24. The molecule has 1 aliphatic heterocycles. The third-order valence-electron chi connectivity index (χ3n) is 4.88. The fourth-order valence-corrected chi connectivity index (χ4v) is 3.37. The topological polar surface area (TPSA) is 60.4 Å². The molecule has 1 atom stereocenters. The number of benzene rings is 1. The SMILES string of the molecule is CCN(CC)c1ccc(-c2cc3nccnc3c(O[C@@H]3CCOC3)n2)cc1. The molecule has 140 valence electrons. The molecule has 0 N–H and O–H groups in total. The number of fused-ring (bicyclic) bond motifs is 1. The van der Waals surface area contributed by atoms with E-state index in [1.54, 1.807) is 12.4 Å². The van der Waals surface area contributed by atoms with Crippen LogP contribution in [0.25, 0.3) is 22.3 Å². The molecule has 4 rings (SSSR count). The Morgan fingerprint density at radius 2 is 1.89 bits per heavy atom. The van der Waals surface area contributed by atoms with Gasteiger partial charge in [-0.3, -0.25) is 4.98 Å². The van der Waals surface area contributed by atoms with Crippen LogP contribution in [-0.4, -0.2) is 47.4 Å². The van der Waals surface area contributed by atoms with E-state index in [4.69, 9.17) is 14.5 Å². The van der Waals surface area contributed by atoms with E-state index in [0.717, 1.165) is 42.9 Å². The van der Waals surface area contributed by atoms with Gasteiger partial charge < -0.3 is 14.4 Å². The molecule has 0 radical (unpaired) electrons. The summed E-state index contributed by atoms with van der Waals surface area (Å²) in [7, 11) is 0. The fourth-order valence-electron chi connectivity index (χ4n) is 3.37. The summed E-state index contributed by atoms with van der Waals surface area (Å²) < 4.78 is 11.5. The van der Waals surface area contributed by atoms with Crippen molar-refractivity contribution >= 4 is 16.7 Å². The van der Waals surface area contributed by atoms with Crippen molar-refractivity contribution in [1.82, 2.24) is 15.0 Å². The number of hydrogen-bond donors (Lipinski definition) is 0. The van der Waals surface area contributed by atoms with Crippen LogP contribution in [0.3, 0.4) is 0 Å². The van der Waals surface area contributed by atoms with E-state index in [1.165, 1.54) is 5.69 Å². The van der Waals surface area contributed by atoms with E-state index in [1.807, 2.05) is 6.07 Å². The van der Waals surface area contributed by atoms with Gasteiger partial charge in [-0.25, -0.2) is 9.97 Å². The summed E-state index contributed by atoms with van der Waals surface area (Å²) in [6.45, 7) is 7.61. The highest BCUT2D eigenvalue weighted by Crippen LogP contribution is 2.29. The lowest BCUT2D eigenvalue weighted by Gasteiger charge is -2.21. The first kappa shape index (κ1) is 17.7. The van der Waals surface area contributed by atoms with Gasteiger partial charge in [0.2, 0.25) is 5.88 Å². The summed E-state index contributed by atoms with van der Waals surface area (Å²) in [5.74, 6) is 0.527. The fraction of sp³-hybridized carbons (Fsp3) is 0.381. The summed E-state index contributed by atoms with van der Waals surface area (Å²) in [5.41, 5.74) is 4.55. The smallest absolute Gasteiger partial charge is 0.243 e. The Morgan fingerprint density at radius 1 is 1.11 bits per heavy atom. The lowest BCUT2D eigenvalue weighted by Crippen LogP contribution is -2.21. The van der Waals surface area contributed by atoms with Crippen molar-refractivity contribution in [3.63, 3.8) is 0 Å². The molecule has 0 bridgehead atoms. The zero-order valence-electron chi connectivity index (χ0n) is 15.8. The second kappa shape index (κ2) is 7.88. The molecule has 2 aromatic heterocycles. The maximum atomic E-state index is 6.10. The van der Waals surface area contributed by atoms with Crippen molar-refractivity contribution in [2.75, 3.05) is 31.2 Å². The lowest BCUT2D eigenvalue weighted by molar-refractivity contribution is 0.139. The summed E-state index contributed by atoms with van der Waals surface area (Å²) in [5, 5.41) is 0. The Labute approximate surface area is 159 Å². The second-order valence-corrected chi connectivity index (χ2v) is 6.56. The normalized spacial score (nSPS) is 16.6. The third-order valence-corrected chi connectivity index (χ3v) is 4.88. The predicted molar refractivity (Wildman–Crippen MR) is 106 cm³/mol. The molecule has 0 unspecified atom stereocenters. The molecule has 6 nitrogen and oxygen atoms in total. The average Bonchev–Trinajstić information content (AvgIpc) is 3.22. The standard InChI is InChI=1S/C21H24N4O2/c1-3-25(4-2)16-7-5-15(6-8-16)18-13-19-20(23-11-10-22-19)21(24-18)27-17-9-12-26-14-17/h5-8,10-11,13,17H,3-4,9,12,14H2,1-2H3/t17-/m1/s1. The molecular formula is C21H24N4O2. The van der Waals surface area contributed by atoms with Gasteiger partial charge in [0.25, 0.3) is 0 Å². The quantitative estimate of drug-likeness (QED) is 0.665. The highest BCUT2D eigenvalue weighted by Gasteiger charge is 2.20. The molecule has 0 aliphatic carbocycles. The molecule has 1 saturated heterocycles. The molecule has 0 amide bonds. The minimum Gasteiger partial charge on any atom is -0.470 e. The van der Waals surface area contributed by atoms with Gasteiger partial charge in [0.05, 0.1) is 24.4 Å². The third kappa shape index (κ3) is 3.71. The van der Waals surface area contributed by atoms with Crippen LogP contribution in [0, 0.1) is 0 Å². The van der Waals surface area contributed by atoms with Gasteiger partial charge in [0.1, 0.15) is 6.10 Å². The van der Waals surface area contributed by atoms with Crippen LogP contribution in [0.15, 0.2) is 42.7 Å². The van der Waals surface area contributed by atoms with E-state index in [2.05, 4.69) is 53.0 Å². The molecular weight excluding hydrogens is 340 g/mol. The Hall–Kier alpha value is -2.73. The van der Waals surface area contributed by atoms with Crippen LogP contribution in [0.4, 0.5) is 5.69 Å².